The number of hydrogen-bond acceptors (Lipinski definition) is 6. The summed E-state index contributed by atoms with van der Waals surface area (Å²) in [6.07, 6.45) is 1.74. The van der Waals surface area contributed by atoms with Crippen molar-refractivity contribution in [1.82, 2.24) is 9.80 Å². The van der Waals surface area contributed by atoms with Crippen molar-refractivity contribution in [2.24, 2.45) is 0 Å². The summed E-state index contributed by atoms with van der Waals surface area (Å²) in [5, 5.41) is -0.494. The molecule has 0 radical (unpaired) electrons. The van der Waals surface area contributed by atoms with Crippen LogP contribution in [-0.2, 0) is 19.4 Å². The second kappa shape index (κ2) is 8.04. The predicted octanol–water partition coefficient (Wildman–Crippen LogP) is 1.90. The highest BCUT2D eigenvalue weighted by Crippen LogP contribution is 2.32. The lowest BCUT2D eigenvalue weighted by Gasteiger charge is -2.24. The van der Waals surface area contributed by atoms with Gasteiger partial charge < -0.3 is 4.90 Å². The summed E-state index contributed by atoms with van der Waals surface area (Å²) >= 11 is 0.739. The minimum Gasteiger partial charge on any atom is -0.342 e. The second-order valence-electron chi connectivity index (χ2n) is 6.70. The Bertz CT molecular complexity index is 960. The largest absolute Gasteiger partial charge is 0.342 e. The number of carbonyl (C=O) groups is 3. The maximum absolute atomic E-state index is 13.3. The average molecular weight is 426 g/mol. The van der Waals surface area contributed by atoms with Crippen LogP contribution in [0.15, 0.2) is 29.2 Å². The number of hydrogen-bond donors (Lipinski definition) is 0. The van der Waals surface area contributed by atoms with Crippen molar-refractivity contribution in [3.63, 3.8) is 0 Å². The highest BCUT2D eigenvalue weighted by molar-refractivity contribution is 8.18. The van der Waals surface area contributed by atoms with Crippen LogP contribution in [0.3, 0.4) is 0 Å². The summed E-state index contributed by atoms with van der Waals surface area (Å²) in [4.78, 5) is 39.4. The topological polar surface area (TPSA) is 91.8 Å². The lowest BCUT2D eigenvalue weighted by Crippen LogP contribution is -2.40. The number of thioether (sulfide) groups is 1. The zero-order valence-corrected chi connectivity index (χ0v) is 16.8. The summed E-state index contributed by atoms with van der Waals surface area (Å²) in [5.41, 5.74) is 0.462. The van der Waals surface area contributed by atoms with Crippen LogP contribution >= 0.6 is 11.8 Å². The maximum atomic E-state index is 13.3. The first kappa shape index (κ1) is 20.5. The summed E-state index contributed by atoms with van der Waals surface area (Å²) < 4.78 is 36.4. The summed E-state index contributed by atoms with van der Waals surface area (Å²) in [6.45, 7) is -0.0895. The molecule has 0 unspecified atom stereocenters. The van der Waals surface area contributed by atoms with Gasteiger partial charge in [0, 0.05) is 26.1 Å². The zero-order valence-electron chi connectivity index (χ0n) is 15.1. The Kier molecular flexibility index (Phi) is 5.90. The smallest absolute Gasteiger partial charge is 0.293 e. The van der Waals surface area contributed by atoms with Gasteiger partial charge in [0.2, 0.25) is 5.91 Å². The van der Waals surface area contributed by atoms with Crippen molar-refractivity contribution in [2.45, 2.75) is 18.9 Å². The third kappa shape index (κ3) is 4.61. The van der Waals surface area contributed by atoms with Crippen LogP contribution in [0, 0.1) is 5.82 Å². The fourth-order valence-electron chi connectivity index (χ4n) is 3.11. The van der Waals surface area contributed by atoms with E-state index < -0.39 is 26.8 Å². The molecule has 2 fully saturated rings. The van der Waals surface area contributed by atoms with Gasteiger partial charge in [0.15, 0.2) is 9.84 Å². The highest BCUT2D eigenvalue weighted by atomic mass is 32.2. The molecule has 7 nitrogen and oxygen atoms in total. The Morgan fingerprint density at radius 3 is 2.79 bits per heavy atom. The number of amides is 3. The van der Waals surface area contributed by atoms with Crippen molar-refractivity contribution in [3.8, 4) is 0 Å². The van der Waals surface area contributed by atoms with Crippen molar-refractivity contribution in [1.29, 1.82) is 0 Å². The molecule has 0 N–H and O–H groups in total. The number of halogens is 1. The molecule has 1 aromatic rings. The molecule has 150 valence electrons. The van der Waals surface area contributed by atoms with Gasteiger partial charge in [0.1, 0.15) is 5.82 Å². The van der Waals surface area contributed by atoms with Gasteiger partial charge in [-0.2, -0.15) is 0 Å². The molecule has 2 heterocycles. The molecule has 1 atom stereocenters. The molecular formula is C18H19FN2O5S2. The Balaban J connectivity index is 1.61. The van der Waals surface area contributed by atoms with Crippen LogP contribution < -0.4 is 0 Å². The van der Waals surface area contributed by atoms with Crippen LogP contribution in [0.5, 0.6) is 0 Å². The molecule has 10 heteroatoms. The first-order valence-electron chi connectivity index (χ1n) is 8.63. The fraction of sp³-hybridized carbons (Fsp3) is 0.389. The molecule has 3 amide bonds. The normalized spacial score (nSPS) is 22.9. The number of benzene rings is 1. The van der Waals surface area contributed by atoms with Gasteiger partial charge in [-0.15, -0.1) is 0 Å². The van der Waals surface area contributed by atoms with E-state index in [1.54, 1.807) is 6.07 Å². The molecule has 2 aliphatic rings. The Morgan fingerprint density at radius 1 is 1.39 bits per heavy atom. The van der Waals surface area contributed by atoms with Gasteiger partial charge in [-0.05, 0) is 42.0 Å². The van der Waals surface area contributed by atoms with E-state index in [1.165, 1.54) is 36.2 Å². The van der Waals surface area contributed by atoms with E-state index in [9.17, 15) is 27.2 Å². The Labute approximate surface area is 166 Å². The summed E-state index contributed by atoms with van der Waals surface area (Å²) in [7, 11) is -1.58. The number of sulfone groups is 1. The van der Waals surface area contributed by atoms with E-state index in [4.69, 9.17) is 0 Å². The molecule has 0 bridgehead atoms. The molecule has 2 aliphatic heterocycles. The van der Waals surface area contributed by atoms with Crippen molar-refractivity contribution < 1.29 is 27.2 Å². The van der Waals surface area contributed by atoms with E-state index in [2.05, 4.69) is 0 Å². The quantitative estimate of drug-likeness (QED) is 0.668. The molecule has 28 heavy (non-hydrogen) atoms. The molecule has 0 saturated carbocycles. The lowest BCUT2D eigenvalue weighted by molar-refractivity contribution is -0.132. The summed E-state index contributed by atoms with van der Waals surface area (Å²) in [5.74, 6) is -1.31. The SMILES string of the molecule is CN(C(=O)CCN1C(=O)S/C(=C/c2cccc(F)c2)C1=O)[C@H]1CCS(=O)(=O)C1. The van der Waals surface area contributed by atoms with Gasteiger partial charge in [-0.25, -0.2) is 12.8 Å². The van der Waals surface area contributed by atoms with Gasteiger partial charge in [-0.1, -0.05) is 12.1 Å². The standard InChI is InChI=1S/C18H19FN2O5S2/c1-20(14-6-8-28(25,26)11-14)16(22)5-7-21-17(23)15(27-18(21)24)10-12-3-2-4-13(19)9-12/h2-4,9-10,14H,5-8,11H2,1H3/b15-10+/t14-/m0/s1. The maximum Gasteiger partial charge on any atom is 0.293 e. The van der Waals surface area contributed by atoms with Crippen LogP contribution in [0.1, 0.15) is 18.4 Å². The van der Waals surface area contributed by atoms with E-state index in [0.717, 1.165) is 16.7 Å². The first-order chi connectivity index (χ1) is 13.2. The van der Waals surface area contributed by atoms with E-state index >= 15 is 0 Å². The van der Waals surface area contributed by atoms with Gasteiger partial charge in [0.05, 0.1) is 16.4 Å². The number of imide groups is 1. The number of carbonyl (C=O) groups excluding carboxylic acids is 3. The van der Waals surface area contributed by atoms with Crippen LogP contribution in [0.4, 0.5) is 9.18 Å². The molecule has 0 spiro atoms. The highest BCUT2D eigenvalue weighted by Gasteiger charge is 2.36. The molecule has 1 aromatic carbocycles. The molecule has 0 aliphatic carbocycles. The third-order valence-electron chi connectivity index (χ3n) is 4.72. The van der Waals surface area contributed by atoms with Crippen molar-refractivity contribution in [2.75, 3.05) is 25.1 Å². The van der Waals surface area contributed by atoms with E-state index in [-0.39, 0.29) is 41.3 Å². The monoisotopic (exact) mass is 426 g/mol. The minimum absolute atomic E-state index is 0.0588. The number of nitrogens with zero attached hydrogens (tertiary/aromatic N) is 2. The van der Waals surface area contributed by atoms with E-state index in [1.807, 2.05) is 0 Å². The van der Waals surface area contributed by atoms with Crippen molar-refractivity contribution in [3.05, 3.63) is 40.6 Å². The lowest BCUT2D eigenvalue weighted by atomic mass is 10.2. The second-order valence-corrected chi connectivity index (χ2v) is 9.92. The van der Waals surface area contributed by atoms with Gasteiger partial charge in [0.25, 0.3) is 11.1 Å². The molecule has 0 aromatic heterocycles. The zero-order chi connectivity index (χ0) is 20.5. The third-order valence-corrected chi connectivity index (χ3v) is 7.38. The average Bonchev–Trinajstić information content (AvgIpc) is 3.11. The van der Waals surface area contributed by atoms with Crippen molar-refractivity contribution >= 4 is 44.7 Å². The Morgan fingerprint density at radius 2 is 2.14 bits per heavy atom. The Hall–Kier alpha value is -2.20. The van der Waals surface area contributed by atoms with Gasteiger partial charge >= 0.3 is 0 Å². The molecule has 2 saturated heterocycles. The van der Waals surface area contributed by atoms with Crippen LogP contribution in [0.2, 0.25) is 0 Å². The fourth-order valence-corrected chi connectivity index (χ4v) is 5.75. The van der Waals surface area contributed by atoms with Crippen LogP contribution in [0.25, 0.3) is 6.08 Å². The van der Waals surface area contributed by atoms with Gasteiger partial charge in [-0.3, -0.25) is 19.3 Å². The molecule has 3 rings (SSSR count). The summed E-state index contributed by atoms with van der Waals surface area (Å²) in [6, 6.07) is 5.28. The molecular weight excluding hydrogens is 407 g/mol. The predicted molar refractivity (Wildman–Crippen MR) is 104 cm³/mol. The first-order valence-corrected chi connectivity index (χ1v) is 11.3. The van der Waals surface area contributed by atoms with E-state index in [0.29, 0.717) is 12.0 Å². The number of rotatable bonds is 5. The minimum atomic E-state index is -3.11. The van der Waals surface area contributed by atoms with Crippen LogP contribution in [-0.4, -0.2) is 66.4 Å².